The first kappa shape index (κ1) is 16.3. The van der Waals surface area contributed by atoms with Crippen LogP contribution in [0.2, 0.25) is 5.02 Å². The standard InChI is InChI=1S/C15H10Br2ClN3O2/c16-10-3-1-8(2-4-10)7-22-13-11(17)5-9(6-12(13)18)14-20-21-15(19)23-14/h1-6H,7H2,(H2,19,21). The molecular formula is C15H10Br2ClN3O2. The highest BCUT2D eigenvalue weighted by Gasteiger charge is 2.14. The van der Waals surface area contributed by atoms with E-state index in [4.69, 9.17) is 26.5 Å². The maximum Gasteiger partial charge on any atom is 0.313 e. The lowest BCUT2D eigenvalue weighted by atomic mass is 10.2. The molecule has 0 aliphatic rings. The molecule has 5 nitrogen and oxygen atoms in total. The molecule has 0 saturated heterocycles. The van der Waals surface area contributed by atoms with Crippen LogP contribution in [0, 0.1) is 0 Å². The predicted octanol–water partition coefficient (Wildman–Crippen LogP) is 5.08. The molecule has 0 saturated carbocycles. The number of nitrogens with zero attached hydrogens (tertiary/aromatic N) is 2. The molecule has 1 heterocycles. The van der Waals surface area contributed by atoms with Crippen LogP contribution in [0.25, 0.3) is 11.5 Å². The lowest BCUT2D eigenvalue weighted by molar-refractivity contribution is 0.304. The number of nitrogens with two attached hydrogens (primary N) is 1. The number of halogens is 3. The Hall–Kier alpha value is -1.57. The minimum absolute atomic E-state index is 0.00260. The molecule has 0 aliphatic carbocycles. The molecule has 0 spiro atoms. The highest BCUT2D eigenvalue weighted by Crippen LogP contribution is 2.38. The molecule has 0 atom stereocenters. The number of ether oxygens (including phenoxy) is 1. The van der Waals surface area contributed by atoms with E-state index in [1.165, 1.54) is 0 Å². The summed E-state index contributed by atoms with van der Waals surface area (Å²) in [6.45, 7) is 0.401. The largest absolute Gasteiger partial charge is 0.486 e. The van der Waals surface area contributed by atoms with Crippen LogP contribution >= 0.6 is 43.5 Å². The first-order valence-electron chi connectivity index (χ1n) is 6.48. The van der Waals surface area contributed by atoms with Crippen molar-refractivity contribution in [3.8, 4) is 17.2 Å². The molecule has 23 heavy (non-hydrogen) atoms. The molecule has 118 valence electrons. The van der Waals surface area contributed by atoms with Crippen molar-refractivity contribution in [1.82, 2.24) is 10.2 Å². The van der Waals surface area contributed by atoms with E-state index < -0.39 is 0 Å². The Kier molecular flexibility index (Phi) is 4.89. The monoisotopic (exact) mass is 457 g/mol. The summed E-state index contributed by atoms with van der Waals surface area (Å²) in [6, 6.07) is 11.3. The van der Waals surface area contributed by atoms with E-state index in [0.29, 0.717) is 33.3 Å². The predicted molar refractivity (Wildman–Crippen MR) is 95.3 cm³/mol. The third kappa shape index (κ3) is 3.85. The number of hydrogen-bond donors (Lipinski definition) is 1. The second-order valence-electron chi connectivity index (χ2n) is 4.63. The zero-order valence-electron chi connectivity index (χ0n) is 11.6. The average Bonchev–Trinajstić information content (AvgIpc) is 2.95. The van der Waals surface area contributed by atoms with Gasteiger partial charge in [0.05, 0.1) is 9.50 Å². The molecule has 8 heteroatoms. The van der Waals surface area contributed by atoms with Crippen LogP contribution in [0.1, 0.15) is 5.56 Å². The smallest absolute Gasteiger partial charge is 0.313 e. The summed E-state index contributed by atoms with van der Waals surface area (Å²) < 4.78 is 12.7. The van der Waals surface area contributed by atoms with Gasteiger partial charge in [-0.1, -0.05) is 44.8 Å². The summed E-state index contributed by atoms with van der Waals surface area (Å²) in [7, 11) is 0. The van der Waals surface area contributed by atoms with Crippen molar-refractivity contribution in [1.29, 1.82) is 0 Å². The van der Waals surface area contributed by atoms with Gasteiger partial charge in [0.1, 0.15) is 6.61 Å². The van der Waals surface area contributed by atoms with Crippen molar-refractivity contribution in [3.63, 3.8) is 0 Å². The lowest BCUT2D eigenvalue weighted by Gasteiger charge is -2.11. The van der Waals surface area contributed by atoms with E-state index in [9.17, 15) is 0 Å². The van der Waals surface area contributed by atoms with Crippen molar-refractivity contribution >= 4 is 49.5 Å². The highest BCUT2D eigenvalue weighted by atomic mass is 79.9. The Morgan fingerprint density at radius 1 is 1.13 bits per heavy atom. The van der Waals surface area contributed by atoms with Gasteiger partial charge in [0.2, 0.25) is 5.89 Å². The minimum atomic E-state index is 0.00260. The van der Waals surface area contributed by atoms with Crippen molar-refractivity contribution in [3.05, 3.63) is 55.9 Å². The van der Waals surface area contributed by atoms with Crippen LogP contribution in [0.4, 0.5) is 6.01 Å². The van der Waals surface area contributed by atoms with Crippen LogP contribution in [0.5, 0.6) is 5.75 Å². The lowest BCUT2D eigenvalue weighted by Crippen LogP contribution is -1.97. The highest BCUT2D eigenvalue weighted by molar-refractivity contribution is 9.10. The van der Waals surface area contributed by atoms with Crippen LogP contribution in [0.15, 0.2) is 49.8 Å². The van der Waals surface area contributed by atoms with Crippen LogP contribution < -0.4 is 10.5 Å². The second kappa shape index (κ2) is 6.90. The van der Waals surface area contributed by atoms with Gasteiger partial charge in [-0.15, -0.1) is 5.10 Å². The third-order valence-electron chi connectivity index (χ3n) is 2.98. The molecule has 0 aliphatic heterocycles. The van der Waals surface area contributed by atoms with E-state index in [1.54, 1.807) is 12.1 Å². The van der Waals surface area contributed by atoms with Gasteiger partial charge in [-0.2, -0.15) is 0 Å². The molecule has 3 aromatic rings. The van der Waals surface area contributed by atoms with Crippen molar-refractivity contribution in [2.75, 3.05) is 5.73 Å². The maximum absolute atomic E-state index is 6.30. The Bertz CT molecular complexity index is 814. The van der Waals surface area contributed by atoms with Gasteiger partial charge in [-0.25, -0.2) is 0 Å². The van der Waals surface area contributed by atoms with E-state index in [2.05, 4.69) is 42.1 Å². The first-order chi connectivity index (χ1) is 11.0. The molecule has 0 bridgehead atoms. The molecule has 2 aromatic carbocycles. The molecule has 0 radical (unpaired) electrons. The molecule has 0 unspecified atom stereocenters. The van der Waals surface area contributed by atoms with Gasteiger partial charge in [0, 0.05) is 10.0 Å². The fraction of sp³-hybridized carbons (Fsp3) is 0.0667. The topological polar surface area (TPSA) is 74.2 Å². The number of aromatic nitrogens is 2. The summed E-state index contributed by atoms with van der Waals surface area (Å²) in [4.78, 5) is 0. The first-order valence-corrected chi connectivity index (χ1v) is 8.45. The van der Waals surface area contributed by atoms with Crippen molar-refractivity contribution < 1.29 is 9.15 Å². The Morgan fingerprint density at radius 2 is 1.87 bits per heavy atom. The van der Waals surface area contributed by atoms with Crippen LogP contribution in [-0.2, 0) is 6.61 Å². The number of benzene rings is 2. The quantitative estimate of drug-likeness (QED) is 0.589. The normalized spacial score (nSPS) is 10.7. The number of anilines is 1. The fourth-order valence-corrected chi connectivity index (χ4v) is 3.14. The van der Waals surface area contributed by atoms with Gasteiger partial charge in [-0.05, 0) is 45.8 Å². The van der Waals surface area contributed by atoms with Gasteiger partial charge < -0.3 is 14.9 Å². The van der Waals surface area contributed by atoms with E-state index in [1.807, 2.05) is 24.3 Å². The second-order valence-corrected chi connectivity index (χ2v) is 6.81. The maximum atomic E-state index is 6.30. The summed E-state index contributed by atoms with van der Waals surface area (Å²) in [6.07, 6.45) is 0. The van der Waals surface area contributed by atoms with Gasteiger partial charge in [0.15, 0.2) is 5.75 Å². The number of hydrogen-bond acceptors (Lipinski definition) is 5. The molecule has 1 aromatic heterocycles. The zero-order chi connectivity index (χ0) is 16.4. The zero-order valence-corrected chi connectivity index (χ0v) is 15.5. The average molecular weight is 460 g/mol. The van der Waals surface area contributed by atoms with E-state index in [0.717, 1.165) is 10.0 Å². The van der Waals surface area contributed by atoms with Crippen molar-refractivity contribution in [2.24, 2.45) is 0 Å². The van der Waals surface area contributed by atoms with Crippen LogP contribution in [-0.4, -0.2) is 10.2 Å². The Labute approximate surface area is 154 Å². The molecular weight excluding hydrogens is 449 g/mol. The number of rotatable bonds is 4. The summed E-state index contributed by atoms with van der Waals surface area (Å²) in [5.74, 6) is 0.843. The summed E-state index contributed by atoms with van der Waals surface area (Å²) >= 11 is 13.1. The summed E-state index contributed by atoms with van der Waals surface area (Å²) in [5, 5.41) is 7.89. The fourth-order valence-electron chi connectivity index (χ4n) is 1.91. The molecule has 3 rings (SSSR count). The minimum Gasteiger partial charge on any atom is -0.486 e. The molecule has 0 fully saturated rings. The van der Waals surface area contributed by atoms with Gasteiger partial charge in [0.25, 0.3) is 0 Å². The van der Waals surface area contributed by atoms with Crippen molar-refractivity contribution in [2.45, 2.75) is 6.61 Å². The Morgan fingerprint density at radius 3 is 2.48 bits per heavy atom. The van der Waals surface area contributed by atoms with Gasteiger partial charge in [-0.3, -0.25) is 0 Å². The molecule has 0 amide bonds. The van der Waals surface area contributed by atoms with E-state index >= 15 is 0 Å². The Balaban J connectivity index is 1.81. The number of nitrogen functional groups attached to an aromatic ring is 1. The van der Waals surface area contributed by atoms with Crippen LogP contribution in [0.3, 0.4) is 0 Å². The van der Waals surface area contributed by atoms with Gasteiger partial charge >= 0.3 is 6.01 Å². The summed E-state index contributed by atoms with van der Waals surface area (Å²) in [5.41, 5.74) is 7.12. The van der Waals surface area contributed by atoms with E-state index in [-0.39, 0.29) is 6.01 Å². The molecule has 2 N–H and O–H groups in total. The SMILES string of the molecule is Nc1nnc(-c2cc(Cl)c(OCc3ccc(Br)cc3)c(Br)c2)o1. The third-order valence-corrected chi connectivity index (χ3v) is 4.38.